The number of rotatable bonds is 14. The summed E-state index contributed by atoms with van der Waals surface area (Å²) in [7, 11) is -1.35. The minimum absolute atomic E-state index is 0.0219. The van der Waals surface area contributed by atoms with Crippen molar-refractivity contribution in [2.24, 2.45) is 0 Å². The Kier molecular flexibility index (Phi) is 11.7. The molecular weight excluding hydrogens is 769 g/mol. The van der Waals surface area contributed by atoms with Crippen molar-refractivity contribution in [3.8, 4) is 28.7 Å². The molecule has 0 unspecified atom stereocenters. The van der Waals surface area contributed by atoms with Crippen LogP contribution in [0, 0.1) is 5.82 Å². The summed E-state index contributed by atoms with van der Waals surface area (Å²) < 4.78 is 71.1. The summed E-state index contributed by atoms with van der Waals surface area (Å²) in [6.07, 6.45) is -0.715. The van der Waals surface area contributed by atoms with Crippen molar-refractivity contribution in [2.45, 2.75) is 44.4 Å². The molecular formula is C33H35BrFN7O9S. The van der Waals surface area contributed by atoms with E-state index >= 15 is 0 Å². The zero-order chi connectivity index (χ0) is 37.6. The largest absolute Gasteiger partial charge is 0.497 e. The Morgan fingerprint density at radius 3 is 2.38 bits per heavy atom. The smallest absolute Gasteiger partial charge is 0.446 e. The number of benzene rings is 3. The third kappa shape index (κ3) is 8.96. The van der Waals surface area contributed by atoms with E-state index in [-0.39, 0.29) is 64.3 Å². The lowest BCUT2D eigenvalue weighted by Gasteiger charge is -2.25. The number of sulfonamides is 1. The molecule has 0 aliphatic heterocycles. The van der Waals surface area contributed by atoms with E-state index in [2.05, 4.69) is 42.0 Å². The second kappa shape index (κ2) is 16.0. The molecule has 0 spiro atoms. The van der Waals surface area contributed by atoms with Crippen LogP contribution >= 0.6 is 15.9 Å². The number of carbonyl (C=O) groups excluding carboxylic acids is 1. The molecule has 2 aromatic heterocycles. The maximum Gasteiger partial charge on any atom is 0.446 e. The first-order chi connectivity index (χ1) is 24.7. The third-order valence-electron chi connectivity index (χ3n) is 7.35. The van der Waals surface area contributed by atoms with Gasteiger partial charge in [0.1, 0.15) is 22.9 Å². The zero-order valence-corrected chi connectivity index (χ0v) is 31.1. The Morgan fingerprint density at radius 2 is 1.71 bits per heavy atom. The molecule has 5 aromatic rings. The van der Waals surface area contributed by atoms with Crippen molar-refractivity contribution in [1.29, 1.82) is 0 Å². The number of nitrogens with zero attached hydrogens (tertiary/aromatic N) is 5. The summed E-state index contributed by atoms with van der Waals surface area (Å²) in [4.78, 5) is 25.0. The van der Waals surface area contributed by atoms with E-state index in [0.29, 0.717) is 16.9 Å². The molecule has 0 bridgehead atoms. The first kappa shape index (κ1) is 38.0. The van der Waals surface area contributed by atoms with Gasteiger partial charge in [-0.05, 0) is 94.5 Å². The second-order valence-electron chi connectivity index (χ2n) is 12.1. The molecule has 2 N–H and O–H groups in total. The molecule has 0 saturated heterocycles. The fourth-order valence-electron chi connectivity index (χ4n) is 4.89. The number of carbonyl (C=O) groups is 1. The summed E-state index contributed by atoms with van der Waals surface area (Å²) in [6, 6.07) is 15.3. The van der Waals surface area contributed by atoms with Gasteiger partial charge in [-0.3, -0.25) is 4.52 Å². The molecule has 0 aliphatic rings. The van der Waals surface area contributed by atoms with Crippen LogP contribution in [0.15, 0.2) is 84.0 Å². The van der Waals surface area contributed by atoms with Gasteiger partial charge < -0.3 is 24.8 Å². The predicted molar refractivity (Wildman–Crippen MR) is 188 cm³/mol. The fraction of sp³-hybridized carbons (Fsp3) is 0.303. The number of halogens is 2. The molecule has 0 aliphatic carbocycles. The molecule has 0 fully saturated rings. The Morgan fingerprint density at radius 1 is 1.00 bits per heavy atom. The molecule has 52 heavy (non-hydrogen) atoms. The number of ether oxygens (including phenoxy) is 3. The number of alkyl carbamates (subject to hydrolysis) is 1. The van der Waals surface area contributed by atoms with Gasteiger partial charge in [0.15, 0.2) is 5.69 Å². The summed E-state index contributed by atoms with van der Waals surface area (Å²) in [5.41, 5.74) is 0.374. The first-order valence-corrected chi connectivity index (χ1v) is 17.8. The Labute approximate surface area is 306 Å². The number of anilines is 1. The van der Waals surface area contributed by atoms with E-state index in [1.807, 2.05) is 0 Å². The Hall–Kier alpha value is -5.27. The molecule has 16 nitrogen and oxygen atoms in total. The predicted octanol–water partition coefficient (Wildman–Crippen LogP) is 5.12. The fourth-order valence-corrected chi connectivity index (χ4v) is 6.92. The average Bonchev–Trinajstić information content (AvgIpc) is 3.73. The maximum absolute atomic E-state index is 14.5. The van der Waals surface area contributed by atoms with Crippen molar-refractivity contribution in [1.82, 2.24) is 29.7 Å². The highest BCUT2D eigenvalue weighted by molar-refractivity contribution is 9.10. The summed E-state index contributed by atoms with van der Waals surface area (Å²) in [5.74, 6) is -0.632. The van der Waals surface area contributed by atoms with Gasteiger partial charge in [-0.15, -0.1) is 0 Å². The van der Waals surface area contributed by atoms with Gasteiger partial charge in [-0.25, -0.2) is 31.6 Å². The molecule has 0 saturated carbocycles. The molecule has 19 heteroatoms. The van der Waals surface area contributed by atoms with Crippen LogP contribution < -0.4 is 25.9 Å². The van der Waals surface area contributed by atoms with Gasteiger partial charge in [0.25, 0.3) is 0 Å². The van der Waals surface area contributed by atoms with Gasteiger partial charge in [-0.1, -0.05) is 23.4 Å². The van der Waals surface area contributed by atoms with Gasteiger partial charge >= 0.3 is 11.8 Å². The second-order valence-corrected chi connectivity index (χ2v) is 14.9. The first-order valence-electron chi connectivity index (χ1n) is 15.6. The molecule has 2 heterocycles. The van der Waals surface area contributed by atoms with E-state index < -0.39 is 33.3 Å². The number of aromatic nitrogens is 4. The Balaban J connectivity index is 1.44. The minimum atomic E-state index is -4.29. The number of methoxy groups -OCH3 is 2. The highest BCUT2D eigenvalue weighted by Gasteiger charge is 2.29. The molecule has 276 valence electrons. The maximum atomic E-state index is 14.5. The van der Waals surface area contributed by atoms with Crippen LogP contribution in [0.3, 0.4) is 0 Å². The van der Waals surface area contributed by atoms with Crippen LogP contribution in [0.25, 0.3) is 17.2 Å². The molecule has 0 atom stereocenters. The van der Waals surface area contributed by atoms with Crippen molar-refractivity contribution in [2.75, 3.05) is 32.6 Å². The third-order valence-corrected chi connectivity index (χ3v) is 9.89. The molecule has 3 aromatic carbocycles. The van der Waals surface area contributed by atoms with Gasteiger partial charge in [0, 0.05) is 32.2 Å². The number of hydrogen-bond donors (Lipinski definition) is 2. The minimum Gasteiger partial charge on any atom is -0.497 e. The van der Waals surface area contributed by atoms with Gasteiger partial charge in [0.2, 0.25) is 21.7 Å². The lowest BCUT2D eigenvalue weighted by atomic mass is 10.2. The van der Waals surface area contributed by atoms with Crippen molar-refractivity contribution in [3.63, 3.8) is 0 Å². The van der Waals surface area contributed by atoms with E-state index in [0.717, 1.165) is 10.6 Å². The average molecular weight is 805 g/mol. The van der Waals surface area contributed by atoms with Crippen LogP contribution in [0.2, 0.25) is 0 Å². The topological polar surface area (TPSA) is 193 Å². The highest BCUT2D eigenvalue weighted by Crippen LogP contribution is 2.29. The molecule has 1 amide bonds. The van der Waals surface area contributed by atoms with E-state index in [4.69, 9.17) is 23.4 Å². The summed E-state index contributed by atoms with van der Waals surface area (Å²) >= 11 is 3.10. The monoisotopic (exact) mass is 803 g/mol. The van der Waals surface area contributed by atoms with E-state index in [1.165, 1.54) is 36.7 Å². The lowest BCUT2D eigenvalue weighted by Crippen LogP contribution is -2.36. The zero-order valence-electron chi connectivity index (χ0n) is 28.7. The van der Waals surface area contributed by atoms with Crippen molar-refractivity contribution in [3.05, 3.63) is 92.6 Å². The Bertz CT molecular complexity index is 2200. The summed E-state index contributed by atoms with van der Waals surface area (Å²) in [6.45, 7) is 4.79. The standard InChI is InChI=1S/C33H35BrFN7O9S/c1-33(2,3)49-31(43)37-18-21-8-12-24(48-5)17-27(21)52(45,46)41(19-20-6-10-23(47-4)11-7-20)15-14-36-29-28(38-51-39-29)30-40-50-32(44)42(30)22-9-13-26(35)25(34)16-22/h6-13,16-17H,14-15,18-19H2,1-5H3,(H,36,39)(H,37,43). The van der Waals surface area contributed by atoms with Crippen molar-refractivity contribution >= 4 is 37.9 Å². The van der Waals surface area contributed by atoms with Crippen LogP contribution in [0.1, 0.15) is 31.9 Å². The quantitative estimate of drug-likeness (QED) is 0.150. The van der Waals surface area contributed by atoms with Gasteiger partial charge in [-0.2, -0.15) is 4.31 Å². The number of hydrogen-bond acceptors (Lipinski definition) is 13. The lowest BCUT2D eigenvalue weighted by molar-refractivity contribution is 0.0523. The molecule has 0 radical (unpaired) electrons. The van der Waals surface area contributed by atoms with E-state index in [9.17, 15) is 22.4 Å². The number of amides is 1. The highest BCUT2D eigenvalue weighted by atomic mass is 79.9. The van der Waals surface area contributed by atoms with Crippen LogP contribution in [0.4, 0.5) is 15.0 Å². The SMILES string of the molecule is COc1ccc(CN(CCNc2nonc2-c2noc(=O)n2-c2ccc(F)c(Br)c2)S(=O)(=O)c2cc(OC)ccc2CNC(=O)OC(C)(C)C)cc1. The van der Waals surface area contributed by atoms with Crippen LogP contribution in [0.5, 0.6) is 11.5 Å². The van der Waals surface area contributed by atoms with Crippen LogP contribution in [-0.4, -0.2) is 71.8 Å². The number of nitrogens with one attached hydrogen (secondary N) is 2. The normalized spacial score (nSPS) is 11.8. The summed E-state index contributed by atoms with van der Waals surface area (Å²) in [5, 5.41) is 17.2. The molecule has 5 rings (SSSR count). The van der Waals surface area contributed by atoms with E-state index in [1.54, 1.807) is 57.2 Å². The van der Waals surface area contributed by atoms with Crippen molar-refractivity contribution < 1.29 is 41.0 Å². The van der Waals surface area contributed by atoms with Crippen LogP contribution in [-0.2, 0) is 27.8 Å². The van der Waals surface area contributed by atoms with Gasteiger partial charge in [0.05, 0.1) is 29.3 Å².